The molecule has 0 spiro atoms. The number of carbonyl (C=O) groups excluding carboxylic acids is 1. The molecule has 0 aliphatic heterocycles. The maximum Gasteiger partial charge on any atom is 0.257 e. The van der Waals surface area contributed by atoms with E-state index < -0.39 is 0 Å². The van der Waals surface area contributed by atoms with Crippen molar-refractivity contribution < 1.29 is 13.6 Å². The lowest BCUT2D eigenvalue weighted by molar-refractivity contribution is -0.113. The van der Waals surface area contributed by atoms with Gasteiger partial charge in [0, 0.05) is 11.5 Å². The zero-order valence-corrected chi connectivity index (χ0v) is 16.4. The second-order valence-electron chi connectivity index (χ2n) is 6.30. The van der Waals surface area contributed by atoms with Gasteiger partial charge in [-0.1, -0.05) is 30.3 Å². The maximum absolute atomic E-state index is 13.9. The standard InChI is InChI=1S/C23H17FN2O2S/c1-16-15-29-23(25-16)26(17-7-3-2-4-8-17)22(27)14-12-18-11-13-21(28-18)19-9-5-6-10-20(19)24/h2-15H,1H3/b14-12+. The van der Waals surface area contributed by atoms with Crippen LogP contribution in [0.25, 0.3) is 17.4 Å². The summed E-state index contributed by atoms with van der Waals surface area (Å²) in [5.41, 5.74) is 1.95. The fraction of sp³-hybridized carbons (Fsp3) is 0.0435. The predicted octanol–water partition coefficient (Wildman–Crippen LogP) is 6.23. The van der Waals surface area contributed by atoms with Gasteiger partial charge in [0.15, 0.2) is 5.13 Å². The fourth-order valence-corrected chi connectivity index (χ4v) is 3.66. The number of amides is 1. The van der Waals surface area contributed by atoms with E-state index in [-0.39, 0.29) is 11.7 Å². The lowest BCUT2D eigenvalue weighted by Crippen LogP contribution is -2.23. The Morgan fingerprint density at radius 3 is 2.55 bits per heavy atom. The van der Waals surface area contributed by atoms with Gasteiger partial charge in [-0.3, -0.25) is 9.69 Å². The number of carbonyl (C=O) groups is 1. The van der Waals surface area contributed by atoms with Crippen molar-refractivity contribution in [3.05, 3.63) is 95.5 Å². The van der Waals surface area contributed by atoms with Crippen LogP contribution in [0.3, 0.4) is 0 Å². The van der Waals surface area contributed by atoms with Crippen LogP contribution in [-0.4, -0.2) is 10.9 Å². The topological polar surface area (TPSA) is 46.3 Å². The minimum absolute atomic E-state index is 0.255. The van der Waals surface area contributed by atoms with E-state index in [1.807, 2.05) is 42.6 Å². The summed E-state index contributed by atoms with van der Waals surface area (Å²) in [6, 6.07) is 19.1. The van der Waals surface area contributed by atoms with E-state index in [0.29, 0.717) is 22.2 Å². The molecule has 0 bridgehead atoms. The number of aromatic nitrogens is 1. The van der Waals surface area contributed by atoms with Crippen molar-refractivity contribution in [2.24, 2.45) is 0 Å². The molecule has 4 nitrogen and oxygen atoms in total. The van der Waals surface area contributed by atoms with E-state index in [9.17, 15) is 9.18 Å². The highest BCUT2D eigenvalue weighted by atomic mass is 32.1. The number of aryl methyl sites for hydroxylation is 1. The van der Waals surface area contributed by atoms with Crippen LogP contribution in [0.15, 0.2) is 82.6 Å². The molecule has 0 radical (unpaired) electrons. The SMILES string of the molecule is Cc1csc(N(C(=O)/C=C/c2ccc(-c3ccccc3F)o2)c2ccccc2)n1. The Balaban J connectivity index is 1.60. The molecule has 1 amide bonds. The number of para-hydroxylation sites is 1. The first-order valence-corrected chi connectivity index (χ1v) is 9.84. The van der Waals surface area contributed by atoms with Crippen LogP contribution in [0.1, 0.15) is 11.5 Å². The summed E-state index contributed by atoms with van der Waals surface area (Å²) < 4.78 is 19.6. The normalized spacial score (nSPS) is 11.1. The highest BCUT2D eigenvalue weighted by Crippen LogP contribution is 2.29. The van der Waals surface area contributed by atoms with E-state index in [0.717, 1.165) is 11.4 Å². The third-order valence-electron chi connectivity index (χ3n) is 4.19. The number of thiazole rings is 1. The molecule has 0 saturated carbocycles. The Hall–Kier alpha value is -3.51. The molecular formula is C23H17FN2O2S. The average molecular weight is 404 g/mol. The first-order chi connectivity index (χ1) is 14.1. The summed E-state index contributed by atoms with van der Waals surface area (Å²) in [5, 5.41) is 2.49. The van der Waals surface area contributed by atoms with Crippen molar-refractivity contribution >= 4 is 34.1 Å². The Bertz CT molecular complexity index is 1160. The monoisotopic (exact) mass is 404 g/mol. The number of benzene rings is 2. The smallest absolute Gasteiger partial charge is 0.257 e. The van der Waals surface area contributed by atoms with Crippen LogP contribution in [0.4, 0.5) is 15.2 Å². The van der Waals surface area contributed by atoms with Crippen molar-refractivity contribution in [2.75, 3.05) is 4.90 Å². The number of halogens is 1. The molecular weight excluding hydrogens is 387 g/mol. The summed E-state index contributed by atoms with van der Waals surface area (Å²) in [6.07, 6.45) is 3.00. The van der Waals surface area contributed by atoms with Gasteiger partial charge in [-0.2, -0.15) is 0 Å². The van der Waals surface area contributed by atoms with Gasteiger partial charge in [0.2, 0.25) is 0 Å². The first-order valence-electron chi connectivity index (χ1n) is 8.96. The van der Waals surface area contributed by atoms with Crippen LogP contribution in [0.2, 0.25) is 0 Å². The Morgan fingerprint density at radius 2 is 1.83 bits per heavy atom. The molecule has 0 fully saturated rings. The maximum atomic E-state index is 13.9. The first kappa shape index (κ1) is 18.8. The van der Waals surface area contributed by atoms with Gasteiger partial charge in [-0.25, -0.2) is 9.37 Å². The highest BCUT2D eigenvalue weighted by Gasteiger charge is 2.19. The molecule has 0 N–H and O–H groups in total. The highest BCUT2D eigenvalue weighted by molar-refractivity contribution is 7.14. The number of anilines is 2. The van der Waals surface area contributed by atoms with Crippen LogP contribution in [-0.2, 0) is 4.79 Å². The number of hydrogen-bond acceptors (Lipinski definition) is 4. The lowest BCUT2D eigenvalue weighted by Gasteiger charge is -2.18. The molecule has 0 aliphatic carbocycles. The van der Waals surface area contributed by atoms with E-state index >= 15 is 0 Å². The van der Waals surface area contributed by atoms with E-state index in [2.05, 4.69) is 4.98 Å². The fourth-order valence-electron chi connectivity index (χ4n) is 2.83. The lowest BCUT2D eigenvalue weighted by atomic mass is 10.1. The van der Waals surface area contributed by atoms with E-state index in [1.165, 1.54) is 23.5 Å². The number of furan rings is 1. The number of hydrogen-bond donors (Lipinski definition) is 0. The van der Waals surface area contributed by atoms with E-state index in [1.54, 1.807) is 41.3 Å². The second kappa shape index (κ2) is 8.24. The predicted molar refractivity (Wildman–Crippen MR) is 114 cm³/mol. The molecule has 0 unspecified atom stereocenters. The summed E-state index contributed by atoms with van der Waals surface area (Å²) in [5.74, 6) is 0.253. The Kier molecular flexibility index (Phi) is 5.35. The van der Waals surface area contributed by atoms with Crippen LogP contribution in [0, 0.1) is 12.7 Å². The largest absolute Gasteiger partial charge is 0.457 e. The molecule has 0 aliphatic rings. The van der Waals surface area contributed by atoms with Crippen molar-refractivity contribution in [2.45, 2.75) is 6.92 Å². The van der Waals surface area contributed by atoms with Crippen molar-refractivity contribution in [1.82, 2.24) is 4.98 Å². The van der Waals surface area contributed by atoms with Gasteiger partial charge < -0.3 is 4.42 Å². The van der Waals surface area contributed by atoms with Crippen LogP contribution >= 0.6 is 11.3 Å². The minimum atomic E-state index is -0.358. The zero-order chi connectivity index (χ0) is 20.2. The Morgan fingerprint density at radius 1 is 1.07 bits per heavy atom. The molecule has 2 aromatic carbocycles. The minimum Gasteiger partial charge on any atom is -0.457 e. The van der Waals surface area contributed by atoms with Gasteiger partial charge in [0.1, 0.15) is 17.3 Å². The number of rotatable bonds is 5. The van der Waals surface area contributed by atoms with Crippen molar-refractivity contribution in [3.8, 4) is 11.3 Å². The number of nitrogens with zero attached hydrogens (tertiary/aromatic N) is 2. The van der Waals surface area contributed by atoms with Crippen LogP contribution < -0.4 is 4.90 Å². The molecule has 0 atom stereocenters. The average Bonchev–Trinajstić information content (AvgIpc) is 3.37. The summed E-state index contributed by atoms with van der Waals surface area (Å²) >= 11 is 1.40. The van der Waals surface area contributed by atoms with Crippen molar-refractivity contribution in [3.63, 3.8) is 0 Å². The molecule has 6 heteroatoms. The molecule has 144 valence electrons. The van der Waals surface area contributed by atoms with Crippen molar-refractivity contribution in [1.29, 1.82) is 0 Å². The molecule has 2 aromatic heterocycles. The zero-order valence-electron chi connectivity index (χ0n) is 15.6. The third kappa shape index (κ3) is 4.17. The quantitative estimate of drug-likeness (QED) is 0.371. The molecule has 4 aromatic rings. The van der Waals surface area contributed by atoms with E-state index in [4.69, 9.17) is 4.42 Å². The molecule has 29 heavy (non-hydrogen) atoms. The van der Waals surface area contributed by atoms with Crippen LogP contribution in [0.5, 0.6) is 0 Å². The van der Waals surface area contributed by atoms with Gasteiger partial charge in [0.05, 0.1) is 16.9 Å². The molecule has 4 rings (SSSR count). The summed E-state index contributed by atoms with van der Waals surface area (Å²) in [6.45, 7) is 1.89. The van der Waals surface area contributed by atoms with Gasteiger partial charge >= 0.3 is 0 Å². The summed E-state index contributed by atoms with van der Waals surface area (Å²) in [4.78, 5) is 19.0. The van der Waals surface area contributed by atoms with Gasteiger partial charge in [-0.15, -0.1) is 11.3 Å². The third-order valence-corrected chi connectivity index (χ3v) is 5.13. The Labute approximate surface area is 171 Å². The summed E-state index contributed by atoms with van der Waals surface area (Å²) in [7, 11) is 0. The molecule has 0 saturated heterocycles. The van der Waals surface area contributed by atoms with Gasteiger partial charge in [-0.05, 0) is 49.4 Å². The molecule has 2 heterocycles. The second-order valence-corrected chi connectivity index (χ2v) is 7.13. The van der Waals surface area contributed by atoms with Gasteiger partial charge in [0.25, 0.3) is 5.91 Å².